The first-order valence-electron chi connectivity index (χ1n) is 8.31. The van der Waals surface area contributed by atoms with Crippen molar-refractivity contribution in [2.24, 2.45) is 5.73 Å². The molecule has 0 radical (unpaired) electrons. The van der Waals surface area contributed by atoms with Gasteiger partial charge in [0.1, 0.15) is 6.10 Å². The van der Waals surface area contributed by atoms with Crippen LogP contribution in [0.3, 0.4) is 0 Å². The first kappa shape index (κ1) is 19.2. The molecule has 26 heavy (non-hydrogen) atoms. The quantitative estimate of drug-likeness (QED) is 0.633. The zero-order valence-corrected chi connectivity index (χ0v) is 14.7. The number of hydrogen-bond donors (Lipinski definition) is 4. The number of nitrogens with one attached hydrogen (secondary N) is 2. The third kappa shape index (κ3) is 4.60. The summed E-state index contributed by atoms with van der Waals surface area (Å²) >= 11 is 1.10. The molecule has 4 atom stereocenters. The normalized spacial score (nSPS) is 25.2. The number of alkyl halides is 3. The number of thiophene rings is 1. The molecule has 0 aromatic carbocycles. The lowest BCUT2D eigenvalue weighted by molar-refractivity contribution is -0.137. The minimum Gasteiger partial charge on any atom is -0.385 e. The first-order chi connectivity index (χ1) is 12.3. The van der Waals surface area contributed by atoms with E-state index in [1.165, 1.54) is 6.07 Å². The highest BCUT2D eigenvalue weighted by Gasteiger charge is 2.34. The van der Waals surface area contributed by atoms with E-state index < -0.39 is 17.8 Å². The summed E-state index contributed by atoms with van der Waals surface area (Å²) in [6.07, 6.45) is -2.94. The molecular weight excluding hydrogens is 365 g/mol. The van der Waals surface area contributed by atoms with Crippen LogP contribution >= 0.6 is 11.3 Å². The van der Waals surface area contributed by atoms with Crippen molar-refractivity contribution in [3.63, 3.8) is 0 Å². The summed E-state index contributed by atoms with van der Waals surface area (Å²) in [5.74, 6) is 0. The van der Waals surface area contributed by atoms with Crippen LogP contribution in [0.2, 0.25) is 0 Å². The number of aliphatic hydroxyl groups excluding tert-OH is 1. The van der Waals surface area contributed by atoms with Crippen molar-refractivity contribution >= 4 is 11.3 Å². The van der Waals surface area contributed by atoms with Crippen LogP contribution in [0.5, 0.6) is 0 Å². The van der Waals surface area contributed by atoms with Gasteiger partial charge in [0.05, 0.1) is 11.3 Å². The number of aromatic nitrogens is 1. The summed E-state index contributed by atoms with van der Waals surface area (Å²) < 4.78 is 38.4. The highest BCUT2D eigenvalue weighted by Crippen LogP contribution is 2.36. The van der Waals surface area contributed by atoms with Gasteiger partial charge in [0.2, 0.25) is 0 Å². The molecule has 3 heterocycles. The van der Waals surface area contributed by atoms with Gasteiger partial charge in [-0.25, -0.2) is 0 Å². The van der Waals surface area contributed by atoms with Gasteiger partial charge in [-0.15, -0.1) is 11.3 Å². The number of nitrogens with two attached hydrogens (primary N) is 1. The van der Waals surface area contributed by atoms with E-state index in [9.17, 15) is 18.3 Å². The van der Waals surface area contributed by atoms with Gasteiger partial charge in [-0.1, -0.05) is 6.07 Å². The Morgan fingerprint density at radius 2 is 2.23 bits per heavy atom. The van der Waals surface area contributed by atoms with E-state index in [0.717, 1.165) is 16.7 Å². The smallest absolute Gasteiger partial charge is 0.385 e. The Bertz CT molecular complexity index is 710. The molecule has 1 aliphatic heterocycles. The van der Waals surface area contributed by atoms with Gasteiger partial charge in [0.15, 0.2) is 0 Å². The molecule has 0 saturated carbocycles. The predicted octanol–water partition coefficient (Wildman–Crippen LogP) is 2.22. The zero-order valence-electron chi connectivity index (χ0n) is 13.9. The van der Waals surface area contributed by atoms with Crippen molar-refractivity contribution in [2.45, 2.75) is 36.8 Å². The minimum absolute atomic E-state index is 0.115. The van der Waals surface area contributed by atoms with Crippen molar-refractivity contribution in [1.29, 1.82) is 0 Å². The van der Waals surface area contributed by atoms with Gasteiger partial charge in [-0.05, 0) is 24.6 Å². The third-order valence-corrected chi connectivity index (χ3v) is 5.55. The molecule has 2 aromatic rings. The maximum atomic E-state index is 12.8. The average molecular weight is 386 g/mol. The molecule has 9 heteroatoms. The second-order valence-corrected chi connectivity index (χ2v) is 7.32. The fraction of sp³-hybridized carbons (Fsp3) is 0.471. The van der Waals surface area contributed by atoms with Crippen molar-refractivity contribution in [2.75, 3.05) is 13.1 Å². The Hall–Kier alpha value is -1.52. The Morgan fingerprint density at radius 1 is 1.42 bits per heavy atom. The number of pyridine rings is 1. The van der Waals surface area contributed by atoms with Crippen LogP contribution in [0.4, 0.5) is 13.2 Å². The van der Waals surface area contributed by atoms with Gasteiger partial charge in [0, 0.05) is 47.7 Å². The minimum atomic E-state index is -4.33. The van der Waals surface area contributed by atoms with E-state index in [0.29, 0.717) is 23.5 Å². The highest BCUT2D eigenvalue weighted by molar-refractivity contribution is 7.10. The van der Waals surface area contributed by atoms with Crippen molar-refractivity contribution in [1.82, 2.24) is 15.6 Å². The van der Waals surface area contributed by atoms with Crippen LogP contribution in [-0.4, -0.2) is 35.3 Å². The Labute approximate surface area is 153 Å². The molecule has 1 aliphatic rings. The lowest BCUT2D eigenvalue weighted by atomic mass is 9.94. The lowest BCUT2D eigenvalue weighted by Gasteiger charge is -2.35. The van der Waals surface area contributed by atoms with Gasteiger partial charge in [-0.3, -0.25) is 4.98 Å². The van der Waals surface area contributed by atoms with E-state index in [1.54, 1.807) is 24.4 Å². The van der Waals surface area contributed by atoms with Gasteiger partial charge in [-0.2, -0.15) is 13.2 Å². The Kier molecular flexibility index (Phi) is 5.93. The molecule has 5 N–H and O–H groups in total. The van der Waals surface area contributed by atoms with E-state index in [1.807, 2.05) is 0 Å². The average Bonchev–Trinajstić information content (AvgIpc) is 3.12. The zero-order chi connectivity index (χ0) is 18.7. The highest BCUT2D eigenvalue weighted by atomic mass is 32.1. The predicted molar refractivity (Wildman–Crippen MR) is 93.6 cm³/mol. The van der Waals surface area contributed by atoms with Crippen molar-refractivity contribution < 1.29 is 18.3 Å². The number of halogens is 3. The van der Waals surface area contributed by atoms with Gasteiger partial charge >= 0.3 is 6.18 Å². The fourth-order valence-electron chi connectivity index (χ4n) is 3.01. The third-order valence-electron chi connectivity index (χ3n) is 4.50. The topological polar surface area (TPSA) is 83.2 Å². The Morgan fingerprint density at radius 3 is 2.88 bits per heavy atom. The number of hydrogen-bond acceptors (Lipinski definition) is 6. The SMILES string of the molecule is NC1CNC(c2cc(C(F)(F)F)cs2)CC1NC[C@@H](O)c1ccccn1. The number of piperidine rings is 1. The maximum absolute atomic E-state index is 12.8. The standard InChI is InChI=1S/C17H21F3N4OS/c18-17(19,20)10-5-16(26-9-10)14-6-13(11(21)7-23-14)24-8-15(25)12-3-1-2-4-22-12/h1-5,9,11,13-15,23-25H,6-8,21H2/t11?,13?,14?,15-/m1/s1. The van der Waals surface area contributed by atoms with Crippen LogP contribution in [0, 0.1) is 0 Å². The molecule has 1 saturated heterocycles. The summed E-state index contributed by atoms with van der Waals surface area (Å²) in [4.78, 5) is 4.75. The maximum Gasteiger partial charge on any atom is 0.417 e. The molecule has 0 spiro atoms. The summed E-state index contributed by atoms with van der Waals surface area (Å²) in [5.41, 5.74) is 6.06. The van der Waals surface area contributed by atoms with Gasteiger partial charge in [0.25, 0.3) is 0 Å². The summed E-state index contributed by atoms with van der Waals surface area (Å²) in [7, 11) is 0. The molecule has 2 aromatic heterocycles. The largest absolute Gasteiger partial charge is 0.417 e. The molecule has 0 aliphatic carbocycles. The molecule has 3 unspecified atom stereocenters. The van der Waals surface area contributed by atoms with E-state index in [-0.39, 0.29) is 24.7 Å². The van der Waals surface area contributed by atoms with Crippen molar-refractivity contribution in [3.05, 3.63) is 52.0 Å². The number of nitrogens with zero attached hydrogens (tertiary/aromatic N) is 1. The summed E-state index contributed by atoms with van der Waals surface area (Å²) in [6, 6.07) is 6.00. The molecule has 142 valence electrons. The second-order valence-electron chi connectivity index (χ2n) is 6.38. The van der Waals surface area contributed by atoms with Gasteiger partial charge < -0.3 is 21.5 Å². The molecule has 3 rings (SSSR count). The van der Waals surface area contributed by atoms with Crippen LogP contribution < -0.4 is 16.4 Å². The number of rotatable bonds is 5. The van der Waals surface area contributed by atoms with E-state index in [2.05, 4.69) is 15.6 Å². The lowest BCUT2D eigenvalue weighted by Crippen LogP contribution is -2.56. The van der Waals surface area contributed by atoms with Crippen LogP contribution in [0.15, 0.2) is 35.8 Å². The fourth-order valence-corrected chi connectivity index (χ4v) is 4.01. The monoisotopic (exact) mass is 386 g/mol. The summed E-state index contributed by atoms with van der Waals surface area (Å²) in [5, 5.41) is 17.8. The first-order valence-corrected chi connectivity index (χ1v) is 9.19. The van der Waals surface area contributed by atoms with E-state index >= 15 is 0 Å². The van der Waals surface area contributed by atoms with Crippen LogP contribution in [0.25, 0.3) is 0 Å². The van der Waals surface area contributed by atoms with E-state index in [4.69, 9.17) is 5.73 Å². The Balaban J connectivity index is 1.60. The van der Waals surface area contributed by atoms with Crippen LogP contribution in [-0.2, 0) is 6.18 Å². The molecular formula is C17H21F3N4OS. The molecule has 5 nitrogen and oxygen atoms in total. The second kappa shape index (κ2) is 8.01. The van der Waals surface area contributed by atoms with Crippen molar-refractivity contribution in [3.8, 4) is 0 Å². The molecule has 0 amide bonds. The number of aliphatic hydroxyl groups is 1. The summed E-state index contributed by atoms with van der Waals surface area (Å²) in [6.45, 7) is 0.765. The molecule has 1 fully saturated rings. The molecule has 0 bridgehead atoms. The van der Waals surface area contributed by atoms with Crippen LogP contribution in [0.1, 0.15) is 34.7 Å².